The highest BCUT2D eigenvalue weighted by Crippen LogP contribution is 2.32. The average Bonchev–Trinajstić information content (AvgIpc) is 2.64. The fourth-order valence-electron chi connectivity index (χ4n) is 3.73. The molecule has 1 aliphatic rings. The molecule has 140 valence electrons. The van der Waals surface area contributed by atoms with Crippen LogP contribution in [-0.4, -0.2) is 36.0 Å². The van der Waals surface area contributed by atoms with Crippen LogP contribution in [0.2, 0.25) is 0 Å². The van der Waals surface area contributed by atoms with E-state index >= 15 is 0 Å². The van der Waals surface area contributed by atoms with Gasteiger partial charge in [-0.15, -0.1) is 24.0 Å². The first-order valence-electron chi connectivity index (χ1n) is 9.10. The molecule has 5 heteroatoms. The summed E-state index contributed by atoms with van der Waals surface area (Å²) in [6.45, 7) is 7.22. The summed E-state index contributed by atoms with van der Waals surface area (Å²) in [6.07, 6.45) is 3.01. The van der Waals surface area contributed by atoms with Gasteiger partial charge in [0, 0.05) is 26.3 Å². The number of rotatable bonds is 3. The monoisotopic (exact) mass is 464 g/mol. The molecule has 26 heavy (non-hydrogen) atoms. The van der Waals surface area contributed by atoms with Gasteiger partial charge >= 0.3 is 0 Å². The largest absolute Gasteiger partial charge is 0.351 e. The number of nitrogens with zero attached hydrogens (tertiary/aromatic N) is 3. The molecule has 1 saturated heterocycles. The Balaban J connectivity index is 0.00000243. The summed E-state index contributed by atoms with van der Waals surface area (Å²) in [5, 5.41) is 3.48. The summed E-state index contributed by atoms with van der Waals surface area (Å²) >= 11 is 0. The lowest BCUT2D eigenvalue weighted by molar-refractivity contribution is 0.234. The average molecular weight is 464 g/mol. The minimum atomic E-state index is 0. The van der Waals surface area contributed by atoms with Gasteiger partial charge in [-0.05, 0) is 42.4 Å². The van der Waals surface area contributed by atoms with Crippen molar-refractivity contribution in [3.63, 3.8) is 0 Å². The summed E-state index contributed by atoms with van der Waals surface area (Å²) in [4.78, 5) is 11.3. The van der Waals surface area contributed by atoms with Gasteiger partial charge in [-0.25, -0.2) is 0 Å². The van der Waals surface area contributed by atoms with Crippen molar-refractivity contribution in [1.82, 2.24) is 15.2 Å². The van der Waals surface area contributed by atoms with E-state index in [1.807, 2.05) is 19.3 Å². The molecule has 1 aliphatic heterocycles. The lowest BCUT2D eigenvalue weighted by Gasteiger charge is -2.39. The molecule has 2 unspecified atom stereocenters. The number of halogens is 1. The maximum absolute atomic E-state index is 4.49. The van der Waals surface area contributed by atoms with Crippen LogP contribution in [0.15, 0.2) is 53.7 Å². The lowest BCUT2D eigenvalue weighted by Crippen LogP contribution is -2.47. The Morgan fingerprint density at radius 2 is 2.00 bits per heavy atom. The minimum absolute atomic E-state index is 0. The van der Waals surface area contributed by atoms with E-state index in [9.17, 15) is 0 Å². The molecule has 2 atom stereocenters. The maximum atomic E-state index is 4.49. The second kappa shape index (κ2) is 9.90. The quantitative estimate of drug-likeness (QED) is 0.421. The molecule has 0 saturated carbocycles. The van der Waals surface area contributed by atoms with Gasteiger partial charge < -0.3 is 10.2 Å². The first kappa shape index (κ1) is 20.7. The Bertz CT molecular complexity index is 717. The third-order valence-corrected chi connectivity index (χ3v) is 5.18. The third-order valence-electron chi connectivity index (χ3n) is 5.18. The van der Waals surface area contributed by atoms with Crippen LogP contribution in [0.4, 0.5) is 0 Å². The zero-order valence-corrected chi connectivity index (χ0v) is 18.2. The number of pyridine rings is 1. The number of nitrogens with one attached hydrogen (secondary N) is 1. The SMILES string of the molecule is CN=C(NCc1ncccc1C)N1CCC(c2ccccc2)C(C)C1.I. The number of benzene rings is 1. The van der Waals surface area contributed by atoms with Gasteiger partial charge in [0.25, 0.3) is 0 Å². The van der Waals surface area contributed by atoms with Crippen LogP contribution < -0.4 is 5.32 Å². The van der Waals surface area contributed by atoms with E-state index in [0.29, 0.717) is 18.4 Å². The first-order valence-corrected chi connectivity index (χ1v) is 9.10. The number of aliphatic imine (C=N–C) groups is 1. The van der Waals surface area contributed by atoms with Gasteiger partial charge in [0.05, 0.1) is 12.2 Å². The van der Waals surface area contributed by atoms with Gasteiger partial charge in [-0.2, -0.15) is 0 Å². The number of aromatic nitrogens is 1. The van der Waals surface area contributed by atoms with Crippen molar-refractivity contribution in [2.75, 3.05) is 20.1 Å². The number of hydrogen-bond acceptors (Lipinski definition) is 2. The molecule has 1 N–H and O–H groups in total. The van der Waals surface area contributed by atoms with E-state index in [0.717, 1.165) is 31.2 Å². The van der Waals surface area contributed by atoms with Crippen molar-refractivity contribution in [1.29, 1.82) is 0 Å². The summed E-state index contributed by atoms with van der Waals surface area (Å²) in [5.41, 5.74) is 3.75. The molecular formula is C21H29IN4. The number of hydrogen-bond donors (Lipinski definition) is 1. The molecule has 1 aromatic heterocycles. The van der Waals surface area contributed by atoms with Crippen molar-refractivity contribution in [2.24, 2.45) is 10.9 Å². The zero-order valence-electron chi connectivity index (χ0n) is 15.9. The van der Waals surface area contributed by atoms with E-state index < -0.39 is 0 Å². The Morgan fingerprint density at radius 1 is 1.23 bits per heavy atom. The maximum Gasteiger partial charge on any atom is 0.193 e. The topological polar surface area (TPSA) is 40.5 Å². The van der Waals surface area contributed by atoms with Crippen LogP contribution in [0.3, 0.4) is 0 Å². The third kappa shape index (κ3) is 4.96. The molecular weight excluding hydrogens is 435 g/mol. The molecule has 0 spiro atoms. The van der Waals surface area contributed by atoms with Crippen LogP contribution >= 0.6 is 24.0 Å². The van der Waals surface area contributed by atoms with Gasteiger partial charge in [-0.1, -0.05) is 43.3 Å². The number of likely N-dealkylation sites (tertiary alicyclic amines) is 1. The van der Waals surface area contributed by atoms with Crippen molar-refractivity contribution in [3.8, 4) is 0 Å². The Morgan fingerprint density at radius 3 is 2.65 bits per heavy atom. The Labute approximate surface area is 174 Å². The summed E-state index contributed by atoms with van der Waals surface area (Å²) in [6, 6.07) is 15.0. The second-order valence-electron chi connectivity index (χ2n) is 6.90. The molecule has 0 amide bonds. The molecule has 0 radical (unpaired) electrons. The number of aryl methyl sites for hydroxylation is 1. The fourth-order valence-corrected chi connectivity index (χ4v) is 3.73. The molecule has 0 bridgehead atoms. The van der Waals surface area contributed by atoms with Crippen molar-refractivity contribution in [3.05, 3.63) is 65.5 Å². The van der Waals surface area contributed by atoms with Crippen LogP contribution in [0, 0.1) is 12.8 Å². The van der Waals surface area contributed by atoms with Gasteiger partial charge in [0.1, 0.15) is 0 Å². The highest BCUT2D eigenvalue weighted by atomic mass is 127. The Kier molecular flexibility index (Phi) is 7.87. The van der Waals surface area contributed by atoms with Gasteiger partial charge in [-0.3, -0.25) is 9.98 Å². The Hall–Kier alpha value is -1.63. The minimum Gasteiger partial charge on any atom is -0.351 e. The normalized spacial score (nSPS) is 20.4. The number of piperidine rings is 1. The van der Waals surface area contributed by atoms with E-state index in [-0.39, 0.29) is 24.0 Å². The predicted molar refractivity (Wildman–Crippen MR) is 119 cm³/mol. The van der Waals surface area contributed by atoms with E-state index in [4.69, 9.17) is 0 Å². The van der Waals surface area contributed by atoms with Crippen molar-refractivity contribution >= 4 is 29.9 Å². The van der Waals surface area contributed by atoms with Crippen molar-refractivity contribution < 1.29 is 0 Å². The zero-order chi connectivity index (χ0) is 17.6. The van der Waals surface area contributed by atoms with Gasteiger partial charge in [0.2, 0.25) is 0 Å². The predicted octanol–water partition coefficient (Wildman–Crippen LogP) is 4.21. The standard InChI is InChI=1S/C21H28N4.HI/c1-16-8-7-12-23-20(16)14-24-21(22-3)25-13-11-19(17(2)15-25)18-9-5-4-6-10-18;/h4-10,12,17,19H,11,13-15H2,1-3H3,(H,22,24);1H. The van der Waals surface area contributed by atoms with E-state index in [2.05, 4.69) is 70.4 Å². The van der Waals surface area contributed by atoms with E-state index in [1.165, 1.54) is 11.1 Å². The molecule has 4 nitrogen and oxygen atoms in total. The van der Waals surface area contributed by atoms with Gasteiger partial charge in [0.15, 0.2) is 5.96 Å². The molecule has 0 aliphatic carbocycles. The smallest absolute Gasteiger partial charge is 0.193 e. The second-order valence-corrected chi connectivity index (χ2v) is 6.90. The highest BCUT2D eigenvalue weighted by molar-refractivity contribution is 14.0. The van der Waals surface area contributed by atoms with Crippen LogP contribution in [-0.2, 0) is 6.54 Å². The fraction of sp³-hybridized carbons (Fsp3) is 0.429. The van der Waals surface area contributed by atoms with E-state index in [1.54, 1.807) is 0 Å². The lowest BCUT2D eigenvalue weighted by atomic mass is 9.82. The molecule has 3 rings (SSSR count). The summed E-state index contributed by atoms with van der Waals surface area (Å²) in [7, 11) is 1.86. The molecule has 2 aromatic rings. The molecule has 1 aromatic carbocycles. The van der Waals surface area contributed by atoms with Crippen LogP contribution in [0.5, 0.6) is 0 Å². The van der Waals surface area contributed by atoms with Crippen molar-refractivity contribution in [2.45, 2.75) is 32.7 Å². The number of guanidine groups is 1. The summed E-state index contributed by atoms with van der Waals surface area (Å²) < 4.78 is 0. The first-order chi connectivity index (χ1) is 12.2. The van der Waals surface area contributed by atoms with Crippen LogP contribution in [0.25, 0.3) is 0 Å². The summed E-state index contributed by atoms with van der Waals surface area (Å²) in [5.74, 6) is 2.21. The van der Waals surface area contributed by atoms with Crippen LogP contribution in [0.1, 0.15) is 36.1 Å². The highest BCUT2D eigenvalue weighted by Gasteiger charge is 2.28. The molecule has 2 heterocycles. The molecule has 1 fully saturated rings.